The predicted octanol–water partition coefficient (Wildman–Crippen LogP) is 3.63. The molecule has 1 fully saturated rings. The Kier molecular flexibility index (Phi) is 9.97. The fourth-order valence-corrected chi connectivity index (χ4v) is 3.48. The zero-order chi connectivity index (χ0) is 20.0. The van der Waals surface area contributed by atoms with E-state index in [2.05, 4.69) is 31.3 Å². The minimum atomic E-state index is -0.225. The van der Waals surface area contributed by atoms with E-state index < -0.39 is 0 Å². The van der Waals surface area contributed by atoms with E-state index in [1.807, 2.05) is 30.9 Å². The Balaban J connectivity index is 0.00000392. The standard InChI is InChI=1S/C22H35N3O2.ClH/c1-5-16(4)22(27)25-12-6-7-19(14-25)21(26)24-13-20(23)18-10-8-17(9-11-18)15(2)3;/h8-11,15-16,19-20H,5-7,12-14,23H2,1-4H3,(H,24,26);1H. The van der Waals surface area contributed by atoms with Crippen molar-refractivity contribution in [2.75, 3.05) is 19.6 Å². The second-order valence-corrected chi connectivity index (χ2v) is 8.11. The molecular formula is C22H36ClN3O2. The van der Waals surface area contributed by atoms with Gasteiger partial charge in [-0.2, -0.15) is 0 Å². The molecule has 0 aliphatic carbocycles. The second kappa shape index (κ2) is 11.4. The van der Waals surface area contributed by atoms with Gasteiger partial charge in [0, 0.05) is 31.6 Å². The van der Waals surface area contributed by atoms with Gasteiger partial charge in [0.2, 0.25) is 11.8 Å². The molecule has 0 spiro atoms. The highest BCUT2D eigenvalue weighted by molar-refractivity contribution is 5.85. The summed E-state index contributed by atoms with van der Waals surface area (Å²) in [6.07, 6.45) is 2.54. The fraction of sp³-hybridized carbons (Fsp3) is 0.636. The van der Waals surface area contributed by atoms with Crippen LogP contribution in [0.5, 0.6) is 0 Å². The Morgan fingerprint density at radius 1 is 1.18 bits per heavy atom. The van der Waals surface area contributed by atoms with Crippen LogP contribution in [0.15, 0.2) is 24.3 Å². The maximum atomic E-state index is 12.6. The molecule has 28 heavy (non-hydrogen) atoms. The Morgan fingerprint density at radius 3 is 2.36 bits per heavy atom. The molecule has 5 nitrogen and oxygen atoms in total. The first-order valence-electron chi connectivity index (χ1n) is 10.2. The van der Waals surface area contributed by atoms with Gasteiger partial charge in [-0.15, -0.1) is 12.4 Å². The van der Waals surface area contributed by atoms with Gasteiger partial charge in [0.1, 0.15) is 0 Å². The number of carbonyl (C=O) groups excluding carboxylic acids is 2. The number of amides is 2. The number of hydrogen-bond acceptors (Lipinski definition) is 3. The maximum Gasteiger partial charge on any atom is 0.225 e. The molecule has 2 amide bonds. The molecule has 3 N–H and O–H groups in total. The molecule has 2 rings (SSSR count). The molecule has 1 aliphatic heterocycles. The minimum absolute atomic E-state index is 0. The summed E-state index contributed by atoms with van der Waals surface area (Å²) >= 11 is 0. The van der Waals surface area contributed by atoms with Crippen molar-refractivity contribution in [2.24, 2.45) is 17.6 Å². The van der Waals surface area contributed by atoms with Gasteiger partial charge in [-0.3, -0.25) is 9.59 Å². The van der Waals surface area contributed by atoms with Gasteiger partial charge < -0.3 is 16.0 Å². The van der Waals surface area contributed by atoms with E-state index in [4.69, 9.17) is 5.73 Å². The van der Waals surface area contributed by atoms with E-state index in [1.54, 1.807) is 0 Å². The molecule has 3 atom stereocenters. The van der Waals surface area contributed by atoms with Crippen LogP contribution >= 0.6 is 12.4 Å². The highest BCUT2D eigenvalue weighted by atomic mass is 35.5. The fourth-order valence-electron chi connectivity index (χ4n) is 3.48. The first kappa shape index (κ1) is 24.4. The van der Waals surface area contributed by atoms with Gasteiger partial charge in [-0.1, -0.05) is 52.0 Å². The van der Waals surface area contributed by atoms with Gasteiger partial charge in [0.25, 0.3) is 0 Å². The van der Waals surface area contributed by atoms with Crippen molar-refractivity contribution in [2.45, 2.75) is 58.9 Å². The Labute approximate surface area is 175 Å². The number of piperidine rings is 1. The summed E-state index contributed by atoms with van der Waals surface area (Å²) in [6, 6.07) is 8.05. The van der Waals surface area contributed by atoms with Crippen molar-refractivity contribution in [1.29, 1.82) is 0 Å². The molecule has 1 saturated heterocycles. The third-order valence-electron chi connectivity index (χ3n) is 5.67. The van der Waals surface area contributed by atoms with E-state index in [9.17, 15) is 9.59 Å². The summed E-state index contributed by atoms with van der Waals surface area (Å²) in [6.45, 7) is 9.99. The molecule has 0 aromatic heterocycles. The first-order valence-corrected chi connectivity index (χ1v) is 10.2. The molecule has 1 heterocycles. The predicted molar refractivity (Wildman–Crippen MR) is 116 cm³/mol. The lowest BCUT2D eigenvalue weighted by Gasteiger charge is -2.33. The summed E-state index contributed by atoms with van der Waals surface area (Å²) in [5.41, 5.74) is 8.56. The van der Waals surface area contributed by atoms with Crippen molar-refractivity contribution in [3.05, 3.63) is 35.4 Å². The van der Waals surface area contributed by atoms with Crippen LogP contribution < -0.4 is 11.1 Å². The number of nitrogens with zero attached hydrogens (tertiary/aromatic N) is 1. The Hall–Kier alpha value is -1.59. The SMILES string of the molecule is CCC(C)C(=O)N1CCCC(C(=O)NCC(N)c2ccc(C(C)C)cc2)C1.Cl. The number of rotatable bonds is 7. The number of halogens is 1. The lowest BCUT2D eigenvalue weighted by molar-refractivity contribution is -0.138. The second-order valence-electron chi connectivity index (χ2n) is 8.11. The smallest absolute Gasteiger partial charge is 0.225 e. The van der Waals surface area contributed by atoms with E-state index in [0.29, 0.717) is 19.0 Å². The maximum absolute atomic E-state index is 12.6. The Bertz CT molecular complexity index is 633. The molecule has 1 aromatic rings. The van der Waals surface area contributed by atoms with Crippen LogP contribution in [-0.4, -0.2) is 36.3 Å². The van der Waals surface area contributed by atoms with Gasteiger partial charge in [0.15, 0.2) is 0 Å². The topological polar surface area (TPSA) is 75.4 Å². The quantitative estimate of drug-likeness (QED) is 0.721. The van der Waals surface area contributed by atoms with Crippen LogP contribution in [0.4, 0.5) is 0 Å². The van der Waals surface area contributed by atoms with Crippen molar-refractivity contribution >= 4 is 24.2 Å². The zero-order valence-electron chi connectivity index (χ0n) is 17.6. The summed E-state index contributed by atoms with van der Waals surface area (Å²) in [4.78, 5) is 26.8. The van der Waals surface area contributed by atoms with E-state index in [-0.39, 0.29) is 42.1 Å². The molecule has 0 radical (unpaired) electrons. The summed E-state index contributed by atoms with van der Waals surface area (Å²) in [5.74, 6) is 0.543. The van der Waals surface area contributed by atoms with Crippen molar-refractivity contribution in [3.63, 3.8) is 0 Å². The highest BCUT2D eigenvalue weighted by Crippen LogP contribution is 2.20. The largest absolute Gasteiger partial charge is 0.354 e. The van der Waals surface area contributed by atoms with Gasteiger partial charge >= 0.3 is 0 Å². The van der Waals surface area contributed by atoms with E-state index in [0.717, 1.165) is 31.4 Å². The molecule has 6 heteroatoms. The highest BCUT2D eigenvalue weighted by Gasteiger charge is 2.30. The zero-order valence-corrected chi connectivity index (χ0v) is 18.4. The lowest BCUT2D eigenvalue weighted by Crippen LogP contribution is -2.47. The number of nitrogens with one attached hydrogen (secondary N) is 1. The van der Waals surface area contributed by atoms with Gasteiger partial charge in [0.05, 0.1) is 5.92 Å². The number of carbonyl (C=O) groups is 2. The Morgan fingerprint density at radius 2 is 1.79 bits per heavy atom. The number of likely N-dealkylation sites (tertiary alicyclic amines) is 1. The summed E-state index contributed by atoms with van der Waals surface area (Å²) in [7, 11) is 0. The third-order valence-corrected chi connectivity index (χ3v) is 5.67. The molecule has 0 saturated carbocycles. The molecule has 3 unspecified atom stereocenters. The third kappa shape index (κ3) is 6.49. The lowest BCUT2D eigenvalue weighted by atomic mass is 9.95. The van der Waals surface area contributed by atoms with Crippen LogP contribution in [0.1, 0.15) is 70.0 Å². The average molecular weight is 410 g/mol. The van der Waals surface area contributed by atoms with Crippen molar-refractivity contribution in [3.8, 4) is 0 Å². The minimum Gasteiger partial charge on any atom is -0.354 e. The van der Waals surface area contributed by atoms with Crippen LogP contribution in [0.3, 0.4) is 0 Å². The van der Waals surface area contributed by atoms with Crippen LogP contribution in [0, 0.1) is 11.8 Å². The number of benzene rings is 1. The molecule has 0 bridgehead atoms. The van der Waals surface area contributed by atoms with Crippen molar-refractivity contribution in [1.82, 2.24) is 10.2 Å². The first-order chi connectivity index (χ1) is 12.8. The molecule has 158 valence electrons. The van der Waals surface area contributed by atoms with E-state index >= 15 is 0 Å². The molecular weight excluding hydrogens is 374 g/mol. The van der Waals surface area contributed by atoms with Crippen LogP contribution in [0.2, 0.25) is 0 Å². The normalized spacial score (nSPS) is 18.9. The van der Waals surface area contributed by atoms with Crippen molar-refractivity contribution < 1.29 is 9.59 Å². The van der Waals surface area contributed by atoms with Gasteiger partial charge in [-0.05, 0) is 36.3 Å². The summed E-state index contributed by atoms with van der Waals surface area (Å²) < 4.78 is 0. The number of hydrogen-bond donors (Lipinski definition) is 2. The molecule has 1 aromatic carbocycles. The summed E-state index contributed by atoms with van der Waals surface area (Å²) in [5, 5.41) is 2.99. The number of nitrogens with two attached hydrogens (primary N) is 1. The van der Waals surface area contributed by atoms with Crippen LogP contribution in [-0.2, 0) is 9.59 Å². The van der Waals surface area contributed by atoms with Crippen LogP contribution in [0.25, 0.3) is 0 Å². The van der Waals surface area contributed by atoms with E-state index in [1.165, 1.54) is 5.56 Å². The van der Waals surface area contributed by atoms with Gasteiger partial charge in [-0.25, -0.2) is 0 Å². The monoisotopic (exact) mass is 409 g/mol. The average Bonchev–Trinajstić information content (AvgIpc) is 2.70. The molecule has 1 aliphatic rings.